The van der Waals surface area contributed by atoms with Crippen LogP contribution in [0.25, 0.3) is 22.3 Å². The van der Waals surface area contributed by atoms with E-state index < -0.39 is 11.4 Å². The number of amides is 1. The molecule has 2 aliphatic heterocycles. The molecule has 10 heteroatoms. The Hall–Kier alpha value is -4.10. The molecule has 1 aliphatic carbocycles. The molecule has 40 heavy (non-hydrogen) atoms. The van der Waals surface area contributed by atoms with Gasteiger partial charge in [0.25, 0.3) is 5.91 Å². The lowest BCUT2D eigenvalue weighted by Crippen LogP contribution is -2.66. The minimum atomic E-state index is -0.416. The Morgan fingerprint density at radius 1 is 1.27 bits per heavy atom. The van der Waals surface area contributed by atoms with Gasteiger partial charge in [-0.15, -0.1) is 0 Å². The summed E-state index contributed by atoms with van der Waals surface area (Å²) in [5.74, 6) is -0.506. The number of aromatic nitrogens is 5. The van der Waals surface area contributed by atoms with Crippen molar-refractivity contribution >= 4 is 16.9 Å². The van der Waals surface area contributed by atoms with Crippen LogP contribution in [0.2, 0.25) is 0 Å². The zero-order valence-electron chi connectivity index (χ0n) is 22.8. The number of nitriles is 1. The smallest absolute Gasteiger partial charge is 0.256 e. The van der Waals surface area contributed by atoms with E-state index >= 15 is 4.39 Å². The fraction of sp³-hybridized carbons (Fsp3) is 0.433. The van der Waals surface area contributed by atoms with E-state index in [2.05, 4.69) is 37.9 Å². The van der Waals surface area contributed by atoms with Gasteiger partial charge in [-0.2, -0.15) is 10.4 Å². The minimum absolute atomic E-state index is 0.142. The third kappa shape index (κ3) is 4.54. The normalized spacial score (nSPS) is 21.7. The third-order valence-electron chi connectivity index (χ3n) is 8.63. The maximum absolute atomic E-state index is 15.0. The van der Waals surface area contributed by atoms with Crippen molar-refractivity contribution in [3.05, 3.63) is 66.2 Å². The van der Waals surface area contributed by atoms with Gasteiger partial charge in [0.05, 0.1) is 30.0 Å². The van der Waals surface area contributed by atoms with Crippen LogP contribution in [0.4, 0.5) is 4.39 Å². The largest absolute Gasteiger partial charge is 0.346 e. The Kier molecular flexibility index (Phi) is 6.84. The number of nitrogens with zero attached hydrogens (tertiary/aromatic N) is 7. The second kappa shape index (κ2) is 10.5. The Bertz CT molecular complexity index is 1560. The van der Waals surface area contributed by atoms with E-state index in [-0.39, 0.29) is 17.4 Å². The van der Waals surface area contributed by atoms with Crippen molar-refractivity contribution in [2.24, 2.45) is 5.92 Å². The number of nitrogens with one attached hydrogen (secondary N) is 1. The molecule has 1 amide bonds. The van der Waals surface area contributed by atoms with Gasteiger partial charge >= 0.3 is 0 Å². The Morgan fingerprint density at radius 3 is 2.83 bits per heavy atom. The van der Waals surface area contributed by atoms with Crippen LogP contribution in [0, 0.1) is 17.2 Å². The molecule has 9 nitrogen and oxygen atoms in total. The highest BCUT2D eigenvalue weighted by atomic mass is 19.1. The van der Waals surface area contributed by atoms with Crippen LogP contribution in [0.5, 0.6) is 0 Å². The average Bonchev–Trinajstić information content (AvgIpc) is 3.61. The molecule has 3 aromatic rings. The van der Waals surface area contributed by atoms with E-state index in [9.17, 15) is 10.1 Å². The van der Waals surface area contributed by atoms with Crippen molar-refractivity contribution in [1.29, 1.82) is 5.26 Å². The van der Waals surface area contributed by atoms with E-state index in [1.165, 1.54) is 6.33 Å². The molecule has 1 atom stereocenters. The first-order valence-electron chi connectivity index (χ1n) is 13.9. The number of aromatic amines is 1. The van der Waals surface area contributed by atoms with Crippen LogP contribution >= 0.6 is 0 Å². The van der Waals surface area contributed by atoms with Crippen LogP contribution in [0.15, 0.2) is 66.2 Å². The lowest BCUT2D eigenvalue weighted by Gasteiger charge is -2.53. The highest BCUT2D eigenvalue weighted by Gasteiger charge is 2.48. The van der Waals surface area contributed by atoms with Crippen LogP contribution in [0.3, 0.4) is 0 Å². The summed E-state index contributed by atoms with van der Waals surface area (Å²) in [7, 11) is 0. The first kappa shape index (κ1) is 26.1. The monoisotopic (exact) mass is 540 g/mol. The molecule has 0 radical (unpaired) electrons. The molecular formula is C30H33FN8O. The van der Waals surface area contributed by atoms with Gasteiger partial charge in [0.1, 0.15) is 23.3 Å². The number of H-pyrrole nitrogens is 1. The number of piperidine rings is 1. The zero-order valence-corrected chi connectivity index (χ0v) is 22.8. The van der Waals surface area contributed by atoms with Crippen molar-refractivity contribution < 1.29 is 9.18 Å². The molecule has 2 saturated heterocycles. The van der Waals surface area contributed by atoms with Crippen LogP contribution in [-0.4, -0.2) is 72.7 Å². The summed E-state index contributed by atoms with van der Waals surface area (Å²) >= 11 is 0. The summed E-state index contributed by atoms with van der Waals surface area (Å²) < 4.78 is 17.0. The molecule has 6 rings (SSSR count). The summed E-state index contributed by atoms with van der Waals surface area (Å²) in [6, 6.07) is 4.62. The maximum Gasteiger partial charge on any atom is 0.256 e. The van der Waals surface area contributed by atoms with Crippen LogP contribution < -0.4 is 0 Å². The quantitative estimate of drug-likeness (QED) is 0.493. The second-order valence-corrected chi connectivity index (χ2v) is 11.1. The summed E-state index contributed by atoms with van der Waals surface area (Å²) in [4.78, 5) is 29.3. The van der Waals surface area contributed by atoms with Gasteiger partial charge in [0.15, 0.2) is 0 Å². The van der Waals surface area contributed by atoms with Crippen molar-refractivity contribution in [2.45, 2.75) is 51.1 Å². The SMILES string of the molecule is CCC1C=CC(C(=O)N2CCC(N3CC(CC#N)(n4cc(-c5ncnc6[nH]ccc56)cn4)C3)CC2)=C(F)C(C)=C1. The number of likely N-dealkylation sites (tertiary alicyclic amines) is 2. The van der Waals surface area contributed by atoms with Crippen molar-refractivity contribution in [2.75, 3.05) is 26.2 Å². The van der Waals surface area contributed by atoms with E-state index in [4.69, 9.17) is 0 Å². The molecule has 5 heterocycles. The zero-order chi connectivity index (χ0) is 27.9. The molecule has 206 valence electrons. The lowest BCUT2D eigenvalue weighted by atomic mass is 9.83. The summed E-state index contributed by atoms with van der Waals surface area (Å²) in [5.41, 5.74) is 2.76. The van der Waals surface area contributed by atoms with Gasteiger partial charge < -0.3 is 9.88 Å². The molecule has 0 spiro atoms. The number of hydrogen-bond donors (Lipinski definition) is 1. The first-order chi connectivity index (χ1) is 19.4. The molecular weight excluding hydrogens is 507 g/mol. The Labute approximate surface area is 232 Å². The van der Waals surface area contributed by atoms with E-state index in [0.717, 1.165) is 41.6 Å². The third-order valence-corrected chi connectivity index (χ3v) is 8.63. The van der Waals surface area contributed by atoms with Crippen LogP contribution in [-0.2, 0) is 10.3 Å². The summed E-state index contributed by atoms with van der Waals surface area (Å²) in [6.07, 6.45) is 15.5. The molecule has 0 aromatic carbocycles. The molecule has 1 unspecified atom stereocenters. The fourth-order valence-electron chi connectivity index (χ4n) is 6.24. The minimum Gasteiger partial charge on any atom is -0.346 e. The van der Waals surface area contributed by atoms with Gasteiger partial charge in [-0.3, -0.25) is 14.4 Å². The van der Waals surface area contributed by atoms with Gasteiger partial charge in [-0.05, 0) is 49.8 Å². The second-order valence-electron chi connectivity index (χ2n) is 11.1. The van der Waals surface area contributed by atoms with Crippen LogP contribution in [0.1, 0.15) is 39.5 Å². The molecule has 3 aliphatic rings. The summed E-state index contributed by atoms with van der Waals surface area (Å²) in [6.45, 7) is 6.39. The lowest BCUT2D eigenvalue weighted by molar-refractivity contribution is -0.129. The molecule has 2 fully saturated rings. The number of fused-ring (bicyclic) bond motifs is 1. The predicted octanol–water partition coefficient (Wildman–Crippen LogP) is 4.50. The average molecular weight is 541 g/mol. The fourth-order valence-corrected chi connectivity index (χ4v) is 6.24. The standard InChI is InChI=1S/C30H33FN8O/c1-3-21-4-5-24(26(31)20(2)14-21)29(40)37-12-7-23(8-13-37)38-17-30(18-38,9-10-32)39-16-22(15-36-39)27-25-6-11-33-28(25)35-19-34-27/h4-6,11,14-16,19,21,23H,3,7-9,12-13,17-18H2,1-2H3,(H,33,34,35). The Morgan fingerprint density at radius 2 is 2.08 bits per heavy atom. The molecule has 1 N–H and O–H groups in total. The molecule has 3 aromatic heterocycles. The first-order valence-corrected chi connectivity index (χ1v) is 13.9. The van der Waals surface area contributed by atoms with E-state index in [1.54, 1.807) is 24.1 Å². The number of carbonyl (C=O) groups excluding carboxylic acids is 1. The van der Waals surface area contributed by atoms with E-state index in [1.807, 2.05) is 35.3 Å². The highest BCUT2D eigenvalue weighted by Crippen LogP contribution is 2.37. The predicted molar refractivity (Wildman–Crippen MR) is 149 cm³/mol. The Balaban J connectivity index is 1.11. The number of hydrogen-bond acceptors (Lipinski definition) is 6. The molecule has 0 saturated carbocycles. The number of carbonyl (C=O) groups is 1. The van der Waals surface area contributed by atoms with Gasteiger partial charge in [0, 0.05) is 55.6 Å². The van der Waals surface area contributed by atoms with Gasteiger partial charge in [0.2, 0.25) is 0 Å². The van der Waals surface area contributed by atoms with Gasteiger partial charge in [-0.1, -0.05) is 19.1 Å². The number of allylic oxidation sites excluding steroid dienone is 4. The van der Waals surface area contributed by atoms with Crippen molar-refractivity contribution in [3.63, 3.8) is 0 Å². The highest BCUT2D eigenvalue weighted by molar-refractivity contribution is 5.97. The maximum atomic E-state index is 15.0. The van der Waals surface area contributed by atoms with Gasteiger partial charge in [-0.25, -0.2) is 14.4 Å². The summed E-state index contributed by atoms with van der Waals surface area (Å²) in [5, 5.41) is 15.2. The number of rotatable bonds is 6. The van der Waals surface area contributed by atoms with Crippen molar-refractivity contribution in [1.82, 2.24) is 34.5 Å². The number of halogens is 1. The van der Waals surface area contributed by atoms with Crippen molar-refractivity contribution in [3.8, 4) is 17.3 Å². The molecule has 0 bridgehead atoms. The van der Waals surface area contributed by atoms with E-state index in [0.29, 0.717) is 44.2 Å². The topological polar surface area (TPSA) is 107 Å².